The van der Waals surface area contributed by atoms with Crippen LogP contribution in [0.1, 0.15) is 36.0 Å². The van der Waals surface area contributed by atoms with E-state index >= 15 is 0 Å². The summed E-state index contributed by atoms with van der Waals surface area (Å²) in [7, 11) is 0. The fraction of sp³-hybridized carbons (Fsp3) is 0.481. The van der Waals surface area contributed by atoms with E-state index in [0.717, 1.165) is 55.0 Å². The first-order chi connectivity index (χ1) is 16.5. The first-order valence-electron chi connectivity index (χ1n) is 12.3. The van der Waals surface area contributed by atoms with Crippen LogP contribution in [0.5, 0.6) is 5.75 Å². The number of anilines is 1. The molecule has 0 spiro atoms. The number of benzene rings is 2. The lowest BCUT2D eigenvalue weighted by Gasteiger charge is -2.35. The largest absolute Gasteiger partial charge is 0.489 e. The molecule has 2 aromatic carbocycles. The summed E-state index contributed by atoms with van der Waals surface area (Å²) < 4.78 is 5.93. The van der Waals surface area contributed by atoms with Gasteiger partial charge in [-0.1, -0.05) is 36.2 Å². The van der Waals surface area contributed by atoms with Crippen molar-refractivity contribution in [3.8, 4) is 5.75 Å². The average molecular weight is 465 g/mol. The van der Waals surface area contributed by atoms with E-state index in [0.29, 0.717) is 26.2 Å². The van der Waals surface area contributed by atoms with Crippen molar-refractivity contribution in [3.05, 3.63) is 59.2 Å². The third-order valence-electron chi connectivity index (χ3n) is 6.79. The Hall–Kier alpha value is -3.06. The van der Waals surface area contributed by atoms with E-state index in [9.17, 15) is 9.59 Å². The molecule has 2 aromatic rings. The fourth-order valence-electron chi connectivity index (χ4n) is 4.36. The van der Waals surface area contributed by atoms with Gasteiger partial charge in [-0.25, -0.2) is 4.79 Å². The van der Waals surface area contributed by atoms with Crippen molar-refractivity contribution in [2.45, 2.75) is 39.7 Å². The van der Waals surface area contributed by atoms with Gasteiger partial charge >= 0.3 is 6.03 Å². The van der Waals surface area contributed by atoms with Crippen molar-refractivity contribution in [1.29, 1.82) is 0 Å². The van der Waals surface area contributed by atoms with Gasteiger partial charge in [0.15, 0.2) is 0 Å². The molecule has 4 rings (SSSR count). The van der Waals surface area contributed by atoms with Gasteiger partial charge in [-0.3, -0.25) is 9.69 Å². The highest BCUT2D eigenvalue weighted by atomic mass is 16.5. The number of ether oxygens (including phenoxy) is 1. The van der Waals surface area contributed by atoms with Gasteiger partial charge in [0.25, 0.3) is 0 Å². The van der Waals surface area contributed by atoms with Crippen LogP contribution in [0.3, 0.4) is 0 Å². The molecular formula is C27H36N4O3. The van der Waals surface area contributed by atoms with Gasteiger partial charge in [0.2, 0.25) is 5.91 Å². The molecule has 1 aliphatic heterocycles. The molecular weight excluding hydrogens is 428 g/mol. The molecule has 2 fully saturated rings. The van der Waals surface area contributed by atoms with Crippen molar-refractivity contribution in [3.63, 3.8) is 0 Å². The summed E-state index contributed by atoms with van der Waals surface area (Å²) in [5.41, 5.74) is 4.12. The summed E-state index contributed by atoms with van der Waals surface area (Å²) in [6, 6.07) is 14.0. The van der Waals surface area contributed by atoms with Crippen molar-refractivity contribution in [2.75, 3.05) is 44.6 Å². The van der Waals surface area contributed by atoms with Crippen LogP contribution < -0.4 is 15.4 Å². The Balaban J connectivity index is 1.18. The smallest absolute Gasteiger partial charge is 0.321 e. The highest BCUT2D eigenvalue weighted by Gasteiger charge is 2.25. The lowest BCUT2D eigenvalue weighted by Crippen LogP contribution is -2.51. The number of nitrogens with zero attached hydrogens (tertiary/aromatic N) is 2. The van der Waals surface area contributed by atoms with Crippen molar-refractivity contribution in [1.82, 2.24) is 15.1 Å². The molecule has 1 saturated carbocycles. The van der Waals surface area contributed by atoms with Crippen molar-refractivity contribution < 1.29 is 14.3 Å². The lowest BCUT2D eigenvalue weighted by molar-refractivity contribution is -0.127. The number of piperazine rings is 1. The maximum absolute atomic E-state index is 12.8. The normalized spacial score (nSPS) is 16.6. The zero-order chi connectivity index (χ0) is 23.9. The molecule has 7 heteroatoms. The van der Waals surface area contributed by atoms with Gasteiger partial charge in [-0.2, -0.15) is 0 Å². The standard InChI is InChI=1S/C27H36N4O3/c1-20-5-3-6-22(17-20)19-34-24-9-10-25(21(2)18-24)29-27(33)31-15-13-30(14-16-31)12-11-28-26(32)23-7-4-8-23/h3,5-6,9-10,17-18,23H,4,7-8,11-16,19H2,1-2H3,(H,28,32)(H,29,33). The zero-order valence-electron chi connectivity index (χ0n) is 20.3. The van der Waals surface area contributed by atoms with Gasteiger partial charge in [-0.15, -0.1) is 0 Å². The van der Waals surface area contributed by atoms with Crippen LogP contribution in [0.25, 0.3) is 0 Å². The number of carbonyl (C=O) groups is 2. The molecule has 0 radical (unpaired) electrons. The molecule has 2 aliphatic rings. The summed E-state index contributed by atoms with van der Waals surface area (Å²) in [6.45, 7) is 9.07. The van der Waals surface area contributed by atoms with E-state index in [4.69, 9.17) is 4.74 Å². The Morgan fingerprint density at radius 2 is 1.82 bits per heavy atom. The number of urea groups is 1. The van der Waals surface area contributed by atoms with Gasteiger partial charge < -0.3 is 20.3 Å². The second-order valence-corrected chi connectivity index (χ2v) is 9.43. The van der Waals surface area contributed by atoms with Crippen molar-refractivity contribution >= 4 is 17.6 Å². The Morgan fingerprint density at radius 1 is 1.03 bits per heavy atom. The van der Waals surface area contributed by atoms with Crippen LogP contribution in [0, 0.1) is 19.8 Å². The average Bonchev–Trinajstić information content (AvgIpc) is 2.78. The predicted octanol–water partition coefficient (Wildman–Crippen LogP) is 3.95. The summed E-state index contributed by atoms with van der Waals surface area (Å²) in [5.74, 6) is 1.22. The number of aryl methyl sites for hydroxylation is 2. The molecule has 1 aliphatic carbocycles. The van der Waals surface area contributed by atoms with E-state index in [1.807, 2.05) is 36.1 Å². The van der Waals surface area contributed by atoms with E-state index in [1.165, 1.54) is 12.0 Å². The summed E-state index contributed by atoms with van der Waals surface area (Å²) in [5, 5.41) is 6.09. The molecule has 1 heterocycles. The third-order valence-corrected chi connectivity index (χ3v) is 6.79. The number of amides is 3. The SMILES string of the molecule is Cc1cccc(COc2ccc(NC(=O)N3CCN(CCNC(=O)C4CCC4)CC3)c(C)c2)c1. The van der Waals surface area contributed by atoms with Gasteiger partial charge in [-0.05, 0) is 56.0 Å². The van der Waals surface area contributed by atoms with Gasteiger partial charge in [0, 0.05) is 50.9 Å². The minimum absolute atomic E-state index is 0.0746. The maximum atomic E-state index is 12.8. The Labute approximate surface area is 202 Å². The Morgan fingerprint density at radius 3 is 2.50 bits per heavy atom. The number of hydrogen-bond acceptors (Lipinski definition) is 4. The number of nitrogens with one attached hydrogen (secondary N) is 2. The summed E-state index contributed by atoms with van der Waals surface area (Å²) >= 11 is 0. The van der Waals surface area contributed by atoms with Gasteiger partial charge in [0.1, 0.15) is 12.4 Å². The molecule has 182 valence electrons. The number of carbonyl (C=O) groups excluding carboxylic acids is 2. The Kier molecular flexibility index (Phi) is 8.06. The molecule has 0 bridgehead atoms. The van der Waals surface area contributed by atoms with Crippen LogP contribution >= 0.6 is 0 Å². The molecule has 0 aromatic heterocycles. The van der Waals surface area contributed by atoms with Crippen LogP contribution in [0.4, 0.5) is 10.5 Å². The first kappa shape index (κ1) is 24.1. The fourth-order valence-corrected chi connectivity index (χ4v) is 4.36. The summed E-state index contributed by atoms with van der Waals surface area (Å²) in [4.78, 5) is 28.9. The zero-order valence-corrected chi connectivity index (χ0v) is 20.3. The second kappa shape index (κ2) is 11.4. The topological polar surface area (TPSA) is 73.9 Å². The Bertz CT molecular complexity index is 997. The predicted molar refractivity (Wildman–Crippen MR) is 134 cm³/mol. The number of hydrogen-bond donors (Lipinski definition) is 2. The highest BCUT2D eigenvalue weighted by molar-refractivity contribution is 5.90. The van der Waals surface area contributed by atoms with Crippen LogP contribution in [-0.4, -0.2) is 61.0 Å². The molecule has 3 amide bonds. The maximum Gasteiger partial charge on any atom is 0.321 e. The second-order valence-electron chi connectivity index (χ2n) is 9.43. The first-order valence-corrected chi connectivity index (χ1v) is 12.3. The minimum Gasteiger partial charge on any atom is -0.489 e. The van der Waals surface area contributed by atoms with E-state index < -0.39 is 0 Å². The number of rotatable bonds is 8. The molecule has 0 atom stereocenters. The monoisotopic (exact) mass is 464 g/mol. The van der Waals surface area contributed by atoms with Gasteiger partial charge in [0.05, 0.1) is 0 Å². The molecule has 0 unspecified atom stereocenters. The highest BCUT2D eigenvalue weighted by Crippen LogP contribution is 2.26. The quantitative estimate of drug-likeness (QED) is 0.621. The van der Waals surface area contributed by atoms with Crippen molar-refractivity contribution in [2.24, 2.45) is 5.92 Å². The summed E-state index contributed by atoms with van der Waals surface area (Å²) in [6.07, 6.45) is 3.23. The van der Waals surface area contributed by atoms with Crippen LogP contribution in [0.15, 0.2) is 42.5 Å². The lowest BCUT2D eigenvalue weighted by atomic mass is 9.85. The van der Waals surface area contributed by atoms with E-state index in [2.05, 4.69) is 40.7 Å². The van der Waals surface area contributed by atoms with E-state index in [1.54, 1.807) is 0 Å². The molecule has 34 heavy (non-hydrogen) atoms. The van der Waals surface area contributed by atoms with Crippen LogP contribution in [0.2, 0.25) is 0 Å². The van der Waals surface area contributed by atoms with Crippen LogP contribution in [-0.2, 0) is 11.4 Å². The molecule has 7 nitrogen and oxygen atoms in total. The molecule has 2 N–H and O–H groups in total. The van der Waals surface area contributed by atoms with E-state index in [-0.39, 0.29) is 17.9 Å². The molecule has 1 saturated heterocycles. The minimum atomic E-state index is -0.0746. The third kappa shape index (κ3) is 6.50.